The lowest BCUT2D eigenvalue weighted by atomic mass is 10.1. The zero-order valence-electron chi connectivity index (χ0n) is 10.9. The molecule has 19 heavy (non-hydrogen) atoms. The first-order valence-electron chi connectivity index (χ1n) is 6.49. The number of aryl methyl sites for hydroxylation is 1. The molecule has 0 saturated carbocycles. The van der Waals surface area contributed by atoms with Gasteiger partial charge < -0.3 is 10.6 Å². The lowest BCUT2D eigenvalue weighted by molar-refractivity contribution is -0.385. The van der Waals surface area contributed by atoms with Crippen molar-refractivity contribution in [2.24, 2.45) is 0 Å². The maximum Gasteiger partial charge on any atom is 0.273 e. The van der Waals surface area contributed by atoms with Crippen molar-refractivity contribution in [2.75, 3.05) is 18.4 Å². The van der Waals surface area contributed by atoms with E-state index >= 15 is 0 Å². The average Bonchev–Trinajstić information content (AvgIpc) is 2.61. The molecule has 2 rings (SSSR count). The molecular weight excluding hydrogens is 310 g/mol. The van der Waals surface area contributed by atoms with Crippen LogP contribution in [0.5, 0.6) is 0 Å². The number of nitrogens with one attached hydrogen (secondary N) is 2. The molecule has 6 heteroatoms. The van der Waals surface area contributed by atoms with Gasteiger partial charge in [0, 0.05) is 34.4 Å². The molecule has 0 aromatic heterocycles. The van der Waals surface area contributed by atoms with Gasteiger partial charge in [-0.1, -0.05) is 6.42 Å². The highest BCUT2D eigenvalue weighted by Crippen LogP contribution is 2.31. The zero-order valence-corrected chi connectivity index (χ0v) is 12.5. The van der Waals surface area contributed by atoms with Gasteiger partial charge in [0.1, 0.15) is 0 Å². The summed E-state index contributed by atoms with van der Waals surface area (Å²) in [6.45, 7) is 3.77. The highest BCUT2D eigenvalue weighted by Gasteiger charge is 2.17. The summed E-state index contributed by atoms with van der Waals surface area (Å²) in [4.78, 5) is 10.5. The topological polar surface area (TPSA) is 67.2 Å². The number of nitro benzene ring substituents is 1. The van der Waals surface area contributed by atoms with Crippen LogP contribution in [-0.4, -0.2) is 24.1 Å². The van der Waals surface area contributed by atoms with Crippen molar-refractivity contribution in [3.8, 4) is 0 Å². The molecule has 0 radical (unpaired) electrons. The predicted molar refractivity (Wildman–Crippen MR) is 79.7 cm³/mol. The molecule has 1 unspecified atom stereocenters. The Kier molecular flexibility index (Phi) is 4.76. The number of nitro groups is 1. The van der Waals surface area contributed by atoms with Gasteiger partial charge in [0.15, 0.2) is 0 Å². The summed E-state index contributed by atoms with van der Waals surface area (Å²) in [5, 5.41) is 17.7. The number of hydrogen-bond acceptors (Lipinski definition) is 4. The Bertz CT molecular complexity index is 471. The summed E-state index contributed by atoms with van der Waals surface area (Å²) >= 11 is 3.41. The van der Waals surface area contributed by atoms with E-state index in [2.05, 4.69) is 26.6 Å². The van der Waals surface area contributed by atoms with Crippen LogP contribution in [0.15, 0.2) is 16.6 Å². The van der Waals surface area contributed by atoms with Crippen molar-refractivity contribution >= 4 is 27.3 Å². The van der Waals surface area contributed by atoms with E-state index in [9.17, 15) is 10.1 Å². The van der Waals surface area contributed by atoms with Crippen molar-refractivity contribution < 1.29 is 4.92 Å². The zero-order chi connectivity index (χ0) is 13.8. The monoisotopic (exact) mass is 327 g/mol. The van der Waals surface area contributed by atoms with Gasteiger partial charge in [-0.2, -0.15) is 0 Å². The van der Waals surface area contributed by atoms with E-state index in [1.54, 1.807) is 13.0 Å². The fourth-order valence-corrected chi connectivity index (χ4v) is 2.79. The third-order valence-corrected chi connectivity index (χ3v) is 4.04. The van der Waals surface area contributed by atoms with E-state index in [0.29, 0.717) is 11.6 Å². The second-order valence-electron chi connectivity index (χ2n) is 4.92. The van der Waals surface area contributed by atoms with Gasteiger partial charge in [-0.3, -0.25) is 10.1 Å². The van der Waals surface area contributed by atoms with E-state index in [0.717, 1.165) is 29.7 Å². The second-order valence-corrected chi connectivity index (χ2v) is 5.77. The minimum atomic E-state index is -0.350. The lowest BCUT2D eigenvalue weighted by Crippen LogP contribution is -2.31. The first-order chi connectivity index (χ1) is 9.08. The molecule has 0 aliphatic carbocycles. The van der Waals surface area contributed by atoms with Crippen LogP contribution in [0.2, 0.25) is 0 Å². The predicted octanol–water partition coefficient (Wildman–Crippen LogP) is 3.22. The minimum Gasteiger partial charge on any atom is -0.380 e. The molecule has 1 heterocycles. The van der Waals surface area contributed by atoms with Crippen LogP contribution in [0.25, 0.3) is 0 Å². The van der Waals surface area contributed by atoms with Crippen LogP contribution in [-0.2, 0) is 0 Å². The van der Waals surface area contributed by atoms with Crippen molar-refractivity contribution in [1.29, 1.82) is 0 Å². The van der Waals surface area contributed by atoms with Crippen LogP contribution in [0, 0.1) is 17.0 Å². The molecule has 1 atom stereocenters. The van der Waals surface area contributed by atoms with E-state index in [1.165, 1.54) is 12.8 Å². The summed E-state index contributed by atoms with van der Waals surface area (Å²) < 4.78 is 0.744. The molecule has 0 amide bonds. The first kappa shape index (κ1) is 14.3. The van der Waals surface area contributed by atoms with Crippen molar-refractivity contribution in [1.82, 2.24) is 5.32 Å². The Morgan fingerprint density at radius 3 is 3.00 bits per heavy atom. The third-order valence-electron chi connectivity index (χ3n) is 3.39. The van der Waals surface area contributed by atoms with Gasteiger partial charge in [0.25, 0.3) is 5.69 Å². The first-order valence-corrected chi connectivity index (χ1v) is 7.29. The van der Waals surface area contributed by atoms with Gasteiger partial charge in [-0.25, -0.2) is 0 Å². The molecular formula is C13H18BrN3O2. The van der Waals surface area contributed by atoms with Crippen LogP contribution in [0.4, 0.5) is 11.4 Å². The number of benzene rings is 1. The lowest BCUT2D eigenvalue weighted by Gasteiger charge is -2.19. The SMILES string of the molecule is Cc1cc(NC2CCCCNC2)c(Br)cc1[N+](=O)[O-]. The molecule has 1 aliphatic rings. The number of hydrogen-bond donors (Lipinski definition) is 2. The van der Waals surface area contributed by atoms with Crippen LogP contribution < -0.4 is 10.6 Å². The molecule has 0 spiro atoms. The van der Waals surface area contributed by atoms with Crippen LogP contribution in [0.1, 0.15) is 24.8 Å². The van der Waals surface area contributed by atoms with Crippen LogP contribution in [0.3, 0.4) is 0 Å². The summed E-state index contributed by atoms with van der Waals surface area (Å²) in [6, 6.07) is 3.79. The smallest absolute Gasteiger partial charge is 0.273 e. The summed E-state index contributed by atoms with van der Waals surface area (Å²) in [5.74, 6) is 0. The third kappa shape index (κ3) is 3.67. The Labute approximate surface area is 121 Å². The molecule has 1 aromatic rings. The Morgan fingerprint density at radius 2 is 2.26 bits per heavy atom. The average molecular weight is 328 g/mol. The molecule has 1 aromatic carbocycles. The fraction of sp³-hybridized carbons (Fsp3) is 0.538. The Morgan fingerprint density at radius 1 is 1.47 bits per heavy atom. The standard InChI is InChI=1S/C13H18BrN3O2/c1-9-6-12(11(14)7-13(9)17(18)19)16-10-4-2-3-5-15-8-10/h6-7,10,15-16H,2-5,8H2,1H3. The summed E-state index contributed by atoms with van der Waals surface area (Å²) in [7, 11) is 0. The Hall–Kier alpha value is -1.14. The van der Waals surface area contributed by atoms with Gasteiger partial charge >= 0.3 is 0 Å². The maximum absolute atomic E-state index is 10.9. The molecule has 1 saturated heterocycles. The van der Waals surface area contributed by atoms with E-state index < -0.39 is 0 Å². The van der Waals surface area contributed by atoms with E-state index in [1.807, 2.05) is 6.07 Å². The van der Waals surface area contributed by atoms with Gasteiger partial charge in [-0.05, 0) is 48.3 Å². The normalized spacial score (nSPS) is 19.8. The van der Waals surface area contributed by atoms with E-state index in [-0.39, 0.29) is 10.6 Å². The Balaban J connectivity index is 2.16. The minimum absolute atomic E-state index is 0.149. The second kappa shape index (κ2) is 6.34. The van der Waals surface area contributed by atoms with Crippen molar-refractivity contribution in [3.63, 3.8) is 0 Å². The highest BCUT2D eigenvalue weighted by molar-refractivity contribution is 9.10. The van der Waals surface area contributed by atoms with Gasteiger partial charge in [0.05, 0.1) is 4.92 Å². The quantitative estimate of drug-likeness (QED) is 0.660. The van der Waals surface area contributed by atoms with Crippen molar-refractivity contribution in [2.45, 2.75) is 32.2 Å². The molecule has 2 N–H and O–H groups in total. The number of halogens is 1. The van der Waals surface area contributed by atoms with Gasteiger partial charge in [0.2, 0.25) is 0 Å². The molecule has 5 nitrogen and oxygen atoms in total. The summed E-state index contributed by atoms with van der Waals surface area (Å²) in [5.41, 5.74) is 1.76. The molecule has 1 aliphatic heterocycles. The number of anilines is 1. The van der Waals surface area contributed by atoms with Gasteiger partial charge in [-0.15, -0.1) is 0 Å². The molecule has 0 bridgehead atoms. The van der Waals surface area contributed by atoms with Crippen LogP contribution >= 0.6 is 15.9 Å². The maximum atomic E-state index is 10.9. The fourth-order valence-electron chi connectivity index (χ4n) is 2.34. The largest absolute Gasteiger partial charge is 0.380 e. The van der Waals surface area contributed by atoms with E-state index in [4.69, 9.17) is 0 Å². The summed E-state index contributed by atoms with van der Waals surface area (Å²) in [6.07, 6.45) is 3.53. The number of rotatable bonds is 3. The highest BCUT2D eigenvalue weighted by atomic mass is 79.9. The molecule has 104 valence electrons. The molecule has 1 fully saturated rings. The van der Waals surface area contributed by atoms with Crippen molar-refractivity contribution in [3.05, 3.63) is 32.3 Å². The number of nitrogens with zero attached hydrogens (tertiary/aromatic N) is 1.